The maximum Gasteiger partial charge on any atom is 0.243 e. The topological polar surface area (TPSA) is 76.7 Å². The second-order valence-corrected chi connectivity index (χ2v) is 5.51. The van der Waals surface area contributed by atoms with E-state index in [4.69, 9.17) is 5.73 Å². The zero-order valence-electron chi connectivity index (χ0n) is 12.1. The van der Waals surface area contributed by atoms with Crippen molar-refractivity contribution in [1.82, 2.24) is 15.2 Å². The van der Waals surface area contributed by atoms with Crippen LogP contribution in [0.4, 0.5) is 5.95 Å². The first-order valence-electron chi connectivity index (χ1n) is 7.42. The summed E-state index contributed by atoms with van der Waals surface area (Å²) in [5.74, 6) is 0.615. The molecule has 5 heteroatoms. The first kappa shape index (κ1) is 14.2. The third kappa shape index (κ3) is 3.62. The van der Waals surface area contributed by atoms with Crippen LogP contribution in [0, 0.1) is 0 Å². The van der Waals surface area contributed by atoms with E-state index < -0.39 is 0 Å². The van der Waals surface area contributed by atoms with Gasteiger partial charge in [0.05, 0.1) is 11.4 Å². The van der Waals surface area contributed by atoms with Gasteiger partial charge >= 0.3 is 0 Å². The van der Waals surface area contributed by atoms with Crippen LogP contribution in [-0.2, 0) is 12.8 Å². The highest BCUT2D eigenvalue weighted by molar-refractivity contribution is 5.26. The third-order valence-electron chi connectivity index (χ3n) is 3.96. The molecule has 1 aliphatic carbocycles. The Morgan fingerprint density at radius 1 is 1.05 bits per heavy atom. The Hall–Kier alpha value is -1.23. The van der Waals surface area contributed by atoms with Crippen LogP contribution in [0.2, 0.25) is 0 Å². The Morgan fingerprint density at radius 3 is 2.37 bits per heavy atom. The molecule has 0 saturated heterocycles. The van der Waals surface area contributed by atoms with Gasteiger partial charge in [-0.15, -0.1) is 5.10 Å². The fourth-order valence-electron chi connectivity index (χ4n) is 2.70. The first-order chi connectivity index (χ1) is 9.17. The molecule has 0 spiro atoms. The van der Waals surface area contributed by atoms with E-state index in [2.05, 4.69) is 34.3 Å². The molecule has 3 N–H and O–H groups in total. The lowest BCUT2D eigenvalue weighted by Gasteiger charge is -2.33. The SMILES string of the molecule is CCc1nnc(NCC2(N)CCCCC2)nc1CC. The van der Waals surface area contributed by atoms with Gasteiger partial charge < -0.3 is 11.1 Å². The molecule has 2 rings (SSSR count). The highest BCUT2D eigenvalue weighted by atomic mass is 15.2. The molecule has 0 amide bonds. The number of aryl methyl sites for hydroxylation is 2. The summed E-state index contributed by atoms with van der Waals surface area (Å²) in [5, 5.41) is 11.7. The molecule has 0 atom stereocenters. The fraction of sp³-hybridized carbons (Fsp3) is 0.786. The maximum absolute atomic E-state index is 6.40. The van der Waals surface area contributed by atoms with Gasteiger partial charge in [0.2, 0.25) is 5.95 Å². The monoisotopic (exact) mass is 263 g/mol. The first-order valence-corrected chi connectivity index (χ1v) is 7.42. The summed E-state index contributed by atoms with van der Waals surface area (Å²) in [6, 6.07) is 0. The largest absolute Gasteiger partial charge is 0.351 e. The summed E-state index contributed by atoms with van der Waals surface area (Å²) in [4.78, 5) is 4.54. The zero-order chi connectivity index (χ0) is 13.7. The molecule has 1 aliphatic rings. The van der Waals surface area contributed by atoms with Crippen LogP contribution in [-0.4, -0.2) is 27.3 Å². The second-order valence-electron chi connectivity index (χ2n) is 5.51. The van der Waals surface area contributed by atoms with Crippen LogP contribution in [0.3, 0.4) is 0 Å². The summed E-state index contributed by atoms with van der Waals surface area (Å²) in [7, 11) is 0. The zero-order valence-corrected chi connectivity index (χ0v) is 12.1. The van der Waals surface area contributed by atoms with Crippen LogP contribution in [0.25, 0.3) is 0 Å². The molecule has 0 unspecified atom stereocenters. The predicted molar refractivity (Wildman–Crippen MR) is 77.1 cm³/mol. The maximum atomic E-state index is 6.40. The van der Waals surface area contributed by atoms with E-state index in [1.54, 1.807) is 0 Å². The molecule has 0 bridgehead atoms. The van der Waals surface area contributed by atoms with Crippen molar-refractivity contribution in [2.75, 3.05) is 11.9 Å². The van der Waals surface area contributed by atoms with Crippen molar-refractivity contribution < 1.29 is 0 Å². The summed E-state index contributed by atoms with van der Waals surface area (Å²) in [6.07, 6.45) is 7.70. The Kier molecular flexibility index (Phi) is 4.69. The minimum absolute atomic E-state index is 0.0998. The van der Waals surface area contributed by atoms with Gasteiger partial charge in [0.15, 0.2) is 0 Å². The lowest BCUT2D eigenvalue weighted by molar-refractivity contribution is 0.310. The van der Waals surface area contributed by atoms with Crippen molar-refractivity contribution in [2.45, 2.75) is 64.3 Å². The number of aromatic nitrogens is 3. The molecule has 1 aromatic rings. The van der Waals surface area contributed by atoms with Crippen LogP contribution in [0.5, 0.6) is 0 Å². The summed E-state index contributed by atoms with van der Waals surface area (Å²) in [6.45, 7) is 4.91. The Labute approximate surface area is 115 Å². The predicted octanol–water partition coefficient (Wildman–Crippen LogP) is 2.07. The van der Waals surface area contributed by atoms with Gasteiger partial charge in [-0.05, 0) is 25.7 Å². The number of hydrogen-bond acceptors (Lipinski definition) is 5. The average molecular weight is 263 g/mol. The van der Waals surface area contributed by atoms with E-state index >= 15 is 0 Å². The molecule has 106 valence electrons. The second kappa shape index (κ2) is 6.28. The van der Waals surface area contributed by atoms with Gasteiger partial charge in [0.1, 0.15) is 0 Å². The highest BCUT2D eigenvalue weighted by Gasteiger charge is 2.27. The highest BCUT2D eigenvalue weighted by Crippen LogP contribution is 2.25. The van der Waals surface area contributed by atoms with Gasteiger partial charge in [-0.25, -0.2) is 4.98 Å². The van der Waals surface area contributed by atoms with Crippen LogP contribution in [0.15, 0.2) is 0 Å². The molecular weight excluding hydrogens is 238 g/mol. The third-order valence-corrected chi connectivity index (χ3v) is 3.96. The molecule has 1 aromatic heterocycles. The molecule has 0 radical (unpaired) electrons. The number of rotatable bonds is 5. The fourth-order valence-corrected chi connectivity index (χ4v) is 2.70. The molecule has 1 heterocycles. The van der Waals surface area contributed by atoms with Crippen LogP contribution < -0.4 is 11.1 Å². The van der Waals surface area contributed by atoms with E-state index in [1.807, 2.05) is 0 Å². The smallest absolute Gasteiger partial charge is 0.243 e. The molecular formula is C14H25N5. The van der Waals surface area contributed by atoms with Crippen molar-refractivity contribution in [3.8, 4) is 0 Å². The van der Waals surface area contributed by atoms with Gasteiger partial charge in [0, 0.05) is 12.1 Å². The molecule has 0 aliphatic heterocycles. The molecule has 5 nitrogen and oxygen atoms in total. The van der Waals surface area contributed by atoms with Crippen molar-refractivity contribution in [3.05, 3.63) is 11.4 Å². The van der Waals surface area contributed by atoms with Crippen molar-refractivity contribution in [1.29, 1.82) is 0 Å². The van der Waals surface area contributed by atoms with Crippen molar-refractivity contribution in [2.24, 2.45) is 5.73 Å². The van der Waals surface area contributed by atoms with E-state index in [1.165, 1.54) is 19.3 Å². The van der Waals surface area contributed by atoms with Crippen molar-refractivity contribution in [3.63, 3.8) is 0 Å². The Balaban J connectivity index is 1.99. The van der Waals surface area contributed by atoms with Gasteiger partial charge in [-0.2, -0.15) is 5.10 Å². The average Bonchev–Trinajstić information content (AvgIpc) is 2.45. The molecule has 19 heavy (non-hydrogen) atoms. The molecule has 1 fully saturated rings. The number of hydrogen-bond donors (Lipinski definition) is 2. The van der Waals surface area contributed by atoms with E-state index in [0.717, 1.165) is 43.6 Å². The Morgan fingerprint density at radius 2 is 1.74 bits per heavy atom. The van der Waals surface area contributed by atoms with Crippen LogP contribution in [0.1, 0.15) is 57.3 Å². The van der Waals surface area contributed by atoms with Gasteiger partial charge in [-0.3, -0.25) is 0 Å². The lowest BCUT2D eigenvalue weighted by Crippen LogP contribution is -2.47. The summed E-state index contributed by atoms with van der Waals surface area (Å²) < 4.78 is 0. The van der Waals surface area contributed by atoms with Gasteiger partial charge in [0.25, 0.3) is 0 Å². The normalized spacial score (nSPS) is 18.3. The molecule has 0 aromatic carbocycles. The van der Waals surface area contributed by atoms with E-state index in [9.17, 15) is 0 Å². The van der Waals surface area contributed by atoms with E-state index in [-0.39, 0.29) is 5.54 Å². The number of nitrogens with one attached hydrogen (secondary N) is 1. The number of anilines is 1. The number of nitrogens with zero attached hydrogens (tertiary/aromatic N) is 3. The van der Waals surface area contributed by atoms with Crippen LogP contribution >= 0.6 is 0 Å². The summed E-state index contributed by atoms with van der Waals surface area (Å²) in [5.41, 5.74) is 8.33. The van der Waals surface area contributed by atoms with Crippen molar-refractivity contribution >= 4 is 5.95 Å². The standard InChI is InChI=1S/C14H25N5/c1-3-11-12(4-2)18-19-13(17-11)16-10-14(15)8-6-5-7-9-14/h3-10,15H2,1-2H3,(H,16,17,19). The minimum Gasteiger partial charge on any atom is -0.351 e. The quantitative estimate of drug-likeness (QED) is 0.850. The minimum atomic E-state index is -0.0998. The molecule has 1 saturated carbocycles. The van der Waals surface area contributed by atoms with Gasteiger partial charge in [-0.1, -0.05) is 33.1 Å². The summed E-state index contributed by atoms with van der Waals surface area (Å²) >= 11 is 0. The van der Waals surface area contributed by atoms with E-state index in [0.29, 0.717) is 5.95 Å². The lowest BCUT2D eigenvalue weighted by atomic mass is 9.82. The Bertz CT molecular complexity index is 412. The number of nitrogens with two attached hydrogens (primary N) is 1.